The lowest BCUT2D eigenvalue weighted by atomic mass is 10.1. The lowest BCUT2D eigenvalue weighted by Crippen LogP contribution is -1.97. The zero-order valence-electron chi connectivity index (χ0n) is 11.2. The van der Waals surface area contributed by atoms with E-state index in [0.29, 0.717) is 10.8 Å². The minimum atomic E-state index is -0.862. The van der Waals surface area contributed by atoms with Crippen LogP contribution in [0.1, 0.15) is 56.3 Å². The second kappa shape index (κ2) is 8.20. The minimum Gasteiger partial charge on any atom is -0.478 e. The average Bonchev–Trinajstić information content (AvgIpc) is 2.35. The van der Waals surface area contributed by atoms with Crippen molar-refractivity contribution in [3.05, 3.63) is 29.8 Å². The summed E-state index contributed by atoms with van der Waals surface area (Å²) in [5.74, 6) is -0.862. The van der Waals surface area contributed by atoms with Gasteiger partial charge in [0.1, 0.15) is 0 Å². The normalized spacial score (nSPS) is 12.3. The van der Waals surface area contributed by atoms with Crippen LogP contribution in [-0.2, 0) is 0 Å². The number of rotatable bonds is 8. The van der Waals surface area contributed by atoms with Crippen molar-refractivity contribution in [3.8, 4) is 0 Å². The van der Waals surface area contributed by atoms with Crippen molar-refractivity contribution < 1.29 is 9.90 Å². The van der Waals surface area contributed by atoms with E-state index in [2.05, 4.69) is 13.8 Å². The zero-order valence-corrected chi connectivity index (χ0v) is 12.0. The second-order valence-corrected chi connectivity index (χ2v) is 6.12. The van der Waals surface area contributed by atoms with Gasteiger partial charge >= 0.3 is 5.97 Å². The SMILES string of the molecule is CCCCCC[C@H](C)Sc1ccc(C(=O)O)cc1. The zero-order chi connectivity index (χ0) is 13.4. The fourth-order valence-electron chi connectivity index (χ4n) is 1.83. The lowest BCUT2D eigenvalue weighted by Gasteiger charge is -2.11. The van der Waals surface area contributed by atoms with Crippen LogP contribution in [0, 0.1) is 0 Å². The molecule has 0 fully saturated rings. The number of aromatic carboxylic acids is 1. The van der Waals surface area contributed by atoms with E-state index >= 15 is 0 Å². The van der Waals surface area contributed by atoms with Crippen molar-refractivity contribution >= 4 is 17.7 Å². The van der Waals surface area contributed by atoms with Crippen molar-refractivity contribution in [3.63, 3.8) is 0 Å². The number of carboxylic acid groups (broad SMARTS) is 1. The number of hydrogen-bond donors (Lipinski definition) is 1. The van der Waals surface area contributed by atoms with E-state index in [1.807, 2.05) is 23.9 Å². The van der Waals surface area contributed by atoms with E-state index < -0.39 is 5.97 Å². The lowest BCUT2D eigenvalue weighted by molar-refractivity contribution is 0.0697. The highest BCUT2D eigenvalue weighted by atomic mass is 32.2. The third-order valence-electron chi connectivity index (χ3n) is 2.90. The molecular weight excluding hydrogens is 244 g/mol. The Bertz CT molecular complexity index is 359. The Morgan fingerprint density at radius 3 is 2.44 bits per heavy atom. The smallest absolute Gasteiger partial charge is 0.335 e. The Labute approximate surface area is 114 Å². The Morgan fingerprint density at radius 2 is 1.89 bits per heavy atom. The van der Waals surface area contributed by atoms with Crippen LogP contribution in [0.15, 0.2) is 29.2 Å². The Balaban J connectivity index is 2.35. The van der Waals surface area contributed by atoms with Gasteiger partial charge in [0, 0.05) is 10.1 Å². The summed E-state index contributed by atoms with van der Waals surface area (Å²) in [6.45, 7) is 4.46. The van der Waals surface area contributed by atoms with Gasteiger partial charge in [0.25, 0.3) is 0 Å². The number of benzene rings is 1. The number of carboxylic acids is 1. The monoisotopic (exact) mass is 266 g/mol. The molecule has 2 nitrogen and oxygen atoms in total. The van der Waals surface area contributed by atoms with Crippen LogP contribution in [0.2, 0.25) is 0 Å². The van der Waals surface area contributed by atoms with E-state index in [1.165, 1.54) is 32.1 Å². The van der Waals surface area contributed by atoms with Gasteiger partial charge in [0.15, 0.2) is 0 Å². The van der Waals surface area contributed by atoms with Crippen LogP contribution in [0.3, 0.4) is 0 Å². The van der Waals surface area contributed by atoms with Gasteiger partial charge in [0.2, 0.25) is 0 Å². The van der Waals surface area contributed by atoms with Gasteiger partial charge in [-0.15, -0.1) is 11.8 Å². The third-order valence-corrected chi connectivity index (χ3v) is 4.09. The first-order valence-corrected chi connectivity index (χ1v) is 7.51. The molecule has 0 saturated heterocycles. The van der Waals surface area contributed by atoms with Crippen LogP contribution >= 0.6 is 11.8 Å². The predicted octanol–water partition coefficient (Wildman–Crippen LogP) is 4.84. The molecule has 0 radical (unpaired) electrons. The summed E-state index contributed by atoms with van der Waals surface area (Å²) >= 11 is 1.83. The van der Waals surface area contributed by atoms with Crippen molar-refractivity contribution in [2.24, 2.45) is 0 Å². The minimum absolute atomic E-state index is 0.356. The van der Waals surface area contributed by atoms with Gasteiger partial charge in [-0.25, -0.2) is 4.79 Å². The van der Waals surface area contributed by atoms with Crippen LogP contribution in [0.25, 0.3) is 0 Å². The molecule has 0 aliphatic rings. The molecule has 3 heteroatoms. The fourth-order valence-corrected chi connectivity index (χ4v) is 2.87. The highest BCUT2D eigenvalue weighted by Gasteiger charge is 2.06. The highest BCUT2D eigenvalue weighted by molar-refractivity contribution is 7.99. The summed E-state index contributed by atoms with van der Waals surface area (Å²) in [5, 5.41) is 9.41. The molecule has 0 unspecified atom stereocenters. The molecule has 1 aromatic carbocycles. The summed E-state index contributed by atoms with van der Waals surface area (Å²) in [7, 11) is 0. The maximum absolute atomic E-state index is 10.7. The van der Waals surface area contributed by atoms with Crippen molar-refractivity contribution in [1.29, 1.82) is 0 Å². The maximum atomic E-state index is 10.7. The number of hydrogen-bond acceptors (Lipinski definition) is 2. The van der Waals surface area contributed by atoms with Crippen LogP contribution in [0.4, 0.5) is 0 Å². The Morgan fingerprint density at radius 1 is 1.22 bits per heavy atom. The van der Waals surface area contributed by atoms with Crippen molar-refractivity contribution in [2.45, 2.75) is 56.1 Å². The van der Waals surface area contributed by atoms with Gasteiger partial charge in [-0.1, -0.05) is 39.5 Å². The first-order chi connectivity index (χ1) is 8.63. The molecule has 0 amide bonds. The summed E-state index contributed by atoms with van der Waals surface area (Å²) in [6, 6.07) is 7.15. The second-order valence-electron chi connectivity index (χ2n) is 4.61. The molecule has 1 N–H and O–H groups in total. The Hall–Kier alpha value is -0.960. The van der Waals surface area contributed by atoms with E-state index in [9.17, 15) is 4.79 Å². The van der Waals surface area contributed by atoms with E-state index in [-0.39, 0.29) is 0 Å². The standard InChI is InChI=1S/C15H22O2S/c1-3-4-5-6-7-12(2)18-14-10-8-13(9-11-14)15(16)17/h8-12H,3-7H2,1-2H3,(H,16,17)/t12-/m0/s1. The predicted molar refractivity (Wildman–Crippen MR) is 77.5 cm³/mol. The van der Waals surface area contributed by atoms with Crippen molar-refractivity contribution in [2.75, 3.05) is 0 Å². The quantitative estimate of drug-likeness (QED) is 0.540. The molecule has 0 spiro atoms. The van der Waals surface area contributed by atoms with Gasteiger partial charge in [-0.05, 0) is 30.7 Å². The van der Waals surface area contributed by atoms with Crippen LogP contribution in [-0.4, -0.2) is 16.3 Å². The molecule has 0 heterocycles. The first kappa shape index (κ1) is 15.1. The topological polar surface area (TPSA) is 37.3 Å². The highest BCUT2D eigenvalue weighted by Crippen LogP contribution is 2.26. The number of carbonyl (C=O) groups is 1. The molecule has 1 rings (SSSR count). The maximum Gasteiger partial charge on any atom is 0.335 e. The average molecular weight is 266 g/mol. The summed E-state index contributed by atoms with van der Waals surface area (Å²) in [4.78, 5) is 11.9. The van der Waals surface area contributed by atoms with E-state index in [0.717, 1.165) is 4.90 Å². The van der Waals surface area contributed by atoms with Gasteiger partial charge in [-0.3, -0.25) is 0 Å². The van der Waals surface area contributed by atoms with Gasteiger partial charge < -0.3 is 5.11 Å². The number of thioether (sulfide) groups is 1. The van der Waals surface area contributed by atoms with Crippen LogP contribution in [0.5, 0.6) is 0 Å². The summed E-state index contributed by atoms with van der Waals surface area (Å²) < 4.78 is 0. The molecule has 0 aromatic heterocycles. The summed E-state index contributed by atoms with van der Waals surface area (Å²) in [6.07, 6.45) is 6.43. The molecule has 0 aliphatic carbocycles. The molecule has 1 aromatic rings. The first-order valence-electron chi connectivity index (χ1n) is 6.63. The molecule has 1 atom stereocenters. The molecular formula is C15H22O2S. The van der Waals surface area contributed by atoms with Crippen molar-refractivity contribution in [1.82, 2.24) is 0 Å². The molecule has 0 bridgehead atoms. The molecule has 18 heavy (non-hydrogen) atoms. The number of unbranched alkanes of at least 4 members (excludes halogenated alkanes) is 3. The molecule has 100 valence electrons. The van der Waals surface area contributed by atoms with Gasteiger partial charge in [-0.2, -0.15) is 0 Å². The fraction of sp³-hybridized carbons (Fsp3) is 0.533. The molecule has 0 saturated carbocycles. The largest absolute Gasteiger partial charge is 0.478 e. The third kappa shape index (κ3) is 5.58. The Kier molecular flexibility index (Phi) is 6.88. The van der Waals surface area contributed by atoms with Crippen LogP contribution < -0.4 is 0 Å². The summed E-state index contributed by atoms with van der Waals surface area (Å²) in [5.41, 5.74) is 0.356. The van der Waals surface area contributed by atoms with E-state index in [4.69, 9.17) is 5.11 Å². The molecule has 0 aliphatic heterocycles. The van der Waals surface area contributed by atoms with Gasteiger partial charge in [0.05, 0.1) is 5.56 Å². The van der Waals surface area contributed by atoms with E-state index in [1.54, 1.807) is 12.1 Å².